The summed E-state index contributed by atoms with van der Waals surface area (Å²) in [5.74, 6) is 0.505. The molecule has 0 N–H and O–H groups in total. The lowest BCUT2D eigenvalue weighted by Gasteiger charge is -2.34. The summed E-state index contributed by atoms with van der Waals surface area (Å²) >= 11 is 0. The van der Waals surface area contributed by atoms with Crippen molar-refractivity contribution in [1.82, 2.24) is 14.4 Å². The standard InChI is InChI=1S/C20H21N3O5S/c1-27-15-6-8-16(9-7-15)29(25,26)23-12-10-22(11-13-23)20(24)14-18-17-4-2-3-5-19(17)28-21-18/h2-9H,10-14H2,1H3. The second-order valence-corrected chi connectivity index (χ2v) is 8.70. The minimum absolute atomic E-state index is 0.0921. The molecule has 4 rings (SSSR count). The lowest BCUT2D eigenvalue weighted by molar-refractivity contribution is -0.131. The van der Waals surface area contributed by atoms with E-state index in [2.05, 4.69) is 5.16 Å². The number of sulfonamides is 1. The molecule has 1 amide bonds. The fourth-order valence-electron chi connectivity index (χ4n) is 3.40. The van der Waals surface area contributed by atoms with E-state index in [1.54, 1.807) is 23.1 Å². The number of ether oxygens (including phenoxy) is 1. The highest BCUT2D eigenvalue weighted by molar-refractivity contribution is 7.89. The predicted octanol–water partition coefficient (Wildman–Crippen LogP) is 1.91. The molecule has 1 aliphatic rings. The molecular formula is C20H21N3O5S. The van der Waals surface area contributed by atoms with Gasteiger partial charge >= 0.3 is 0 Å². The Morgan fingerprint density at radius 2 is 1.76 bits per heavy atom. The molecular weight excluding hydrogens is 394 g/mol. The molecule has 0 bridgehead atoms. The third kappa shape index (κ3) is 3.83. The van der Waals surface area contributed by atoms with Crippen molar-refractivity contribution in [1.29, 1.82) is 0 Å². The van der Waals surface area contributed by atoms with Crippen LogP contribution in [0.15, 0.2) is 57.9 Å². The van der Waals surface area contributed by atoms with Gasteiger partial charge in [0.2, 0.25) is 15.9 Å². The Labute approximate surface area is 168 Å². The van der Waals surface area contributed by atoms with Crippen molar-refractivity contribution in [2.75, 3.05) is 33.3 Å². The number of para-hydroxylation sites is 1. The zero-order valence-electron chi connectivity index (χ0n) is 15.9. The third-order valence-electron chi connectivity index (χ3n) is 5.06. The van der Waals surface area contributed by atoms with E-state index in [-0.39, 0.29) is 30.3 Å². The van der Waals surface area contributed by atoms with Crippen molar-refractivity contribution in [3.05, 3.63) is 54.2 Å². The van der Waals surface area contributed by atoms with Crippen LogP contribution in [0.25, 0.3) is 11.0 Å². The highest BCUT2D eigenvalue weighted by Crippen LogP contribution is 2.22. The topological polar surface area (TPSA) is 93.0 Å². The highest BCUT2D eigenvalue weighted by Gasteiger charge is 2.30. The van der Waals surface area contributed by atoms with Crippen LogP contribution in [0.2, 0.25) is 0 Å². The summed E-state index contributed by atoms with van der Waals surface area (Å²) in [4.78, 5) is 14.6. The van der Waals surface area contributed by atoms with E-state index in [1.165, 1.54) is 23.5 Å². The van der Waals surface area contributed by atoms with Gasteiger partial charge in [0, 0.05) is 31.6 Å². The van der Waals surface area contributed by atoms with Gasteiger partial charge in [0.1, 0.15) is 11.4 Å². The monoisotopic (exact) mass is 415 g/mol. The molecule has 1 aromatic heterocycles. The van der Waals surface area contributed by atoms with E-state index < -0.39 is 10.0 Å². The summed E-state index contributed by atoms with van der Waals surface area (Å²) in [7, 11) is -2.07. The van der Waals surface area contributed by atoms with Gasteiger partial charge in [-0.2, -0.15) is 4.31 Å². The Bertz CT molecular complexity index is 1120. The Morgan fingerprint density at radius 1 is 1.07 bits per heavy atom. The predicted molar refractivity (Wildman–Crippen MR) is 106 cm³/mol. The van der Waals surface area contributed by atoms with E-state index >= 15 is 0 Å². The third-order valence-corrected chi connectivity index (χ3v) is 6.97. The number of carbonyl (C=O) groups is 1. The largest absolute Gasteiger partial charge is 0.497 e. The first-order valence-corrected chi connectivity index (χ1v) is 10.7. The maximum Gasteiger partial charge on any atom is 0.243 e. The summed E-state index contributed by atoms with van der Waals surface area (Å²) in [6.45, 7) is 1.17. The number of nitrogens with zero attached hydrogens (tertiary/aromatic N) is 3. The quantitative estimate of drug-likeness (QED) is 0.632. The van der Waals surface area contributed by atoms with Crippen LogP contribution >= 0.6 is 0 Å². The van der Waals surface area contributed by atoms with E-state index in [9.17, 15) is 13.2 Å². The van der Waals surface area contributed by atoms with Gasteiger partial charge in [-0.3, -0.25) is 4.79 Å². The lowest BCUT2D eigenvalue weighted by atomic mass is 10.1. The molecule has 9 heteroatoms. The number of amides is 1. The number of methoxy groups -OCH3 is 1. The van der Waals surface area contributed by atoms with Gasteiger partial charge < -0.3 is 14.2 Å². The number of hydrogen-bond donors (Lipinski definition) is 0. The first kappa shape index (κ1) is 19.4. The molecule has 152 valence electrons. The van der Waals surface area contributed by atoms with Crippen molar-refractivity contribution < 1.29 is 22.5 Å². The van der Waals surface area contributed by atoms with Gasteiger partial charge in [-0.15, -0.1) is 0 Å². The van der Waals surface area contributed by atoms with Crippen LogP contribution in [0.1, 0.15) is 5.69 Å². The normalized spacial score (nSPS) is 15.6. The van der Waals surface area contributed by atoms with E-state index in [0.29, 0.717) is 30.1 Å². The summed E-state index contributed by atoms with van der Waals surface area (Å²) in [5, 5.41) is 4.82. The number of rotatable bonds is 5. The van der Waals surface area contributed by atoms with Crippen molar-refractivity contribution >= 4 is 26.9 Å². The summed E-state index contributed by atoms with van der Waals surface area (Å²) < 4.78 is 37.4. The lowest BCUT2D eigenvalue weighted by Crippen LogP contribution is -2.50. The zero-order chi connectivity index (χ0) is 20.4. The summed E-state index contributed by atoms with van der Waals surface area (Å²) in [6.07, 6.45) is 0.127. The average Bonchev–Trinajstić information content (AvgIpc) is 3.16. The summed E-state index contributed by atoms with van der Waals surface area (Å²) in [5.41, 5.74) is 1.24. The minimum Gasteiger partial charge on any atom is -0.497 e. The second kappa shape index (κ2) is 7.84. The van der Waals surface area contributed by atoms with Crippen molar-refractivity contribution in [3.8, 4) is 5.75 Å². The van der Waals surface area contributed by atoms with Gasteiger partial charge in [0.05, 0.1) is 18.4 Å². The molecule has 1 fully saturated rings. The number of hydrogen-bond acceptors (Lipinski definition) is 6. The van der Waals surface area contributed by atoms with Crippen LogP contribution in [0, 0.1) is 0 Å². The van der Waals surface area contributed by atoms with Crippen LogP contribution in [-0.4, -0.2) is 62.0 Å². The number of aromatic nitrogens is 1. The minimum atomic E-state index is -3.60. The van der Waals surface area contributed by atoms with E-state index in [0.717, 1.165) is 5.39 Å². The fraction of sp³-hybridized carbons (Fsp3) is 0.300. The second-order valence-electron chi connectivity index (χ2n) is 6.76. The molecule has 8 nitrogen and oxygen atoms in total. The van der Waals surface area contributed by atoms with Crippen molar-refractivity contribution in [2.45, 2.75) is 11.3 Å². The molecule has 0 atom stereocenters. The van der Waals surface area contributed by atoms with Gasteiger partial charge in [-0.1, -0.05) is 17.3 Å². The van der Waals surface area contributed by atoms with Gasteiger partial charge in [-0.05, 0) is 36.4 Å². The van der Waals surface area contributed by atoms with Crippen LogP contribution in [0.5, 0.6) is 5.75 Å². The van der Waals surface area contributed by atoms with E-state index in [1.807, 2.05) is 18.2 Å². The average molecular weight is 415 g/mol. The van der Waals surface area contributed by atoms with Crippen LogP contribution < -0.4 is 4.74 Å². The molecule has 3 aromatic rings. The number of benzene rings is 2. The Hall–Kier alpha value is -2.91. The van der Waals surface area contributed by atoms with Gasteiger partial charge in [0.25, 0.3) is 0 Å². The van der Waals surface area contributed by atoms with Crippen LogP contribution in [0.4, 0.5) is 0 Å². The van der Waals surface area contributed by atoms with Crippen LogP contribution in [-0.2, 0) is 21.2 Å². The van der Waals surface area contributed by atoms with Crippen molar-refractivity contribution in [3.63, 3.8) is 0 Å². The van der Waals surface area contributed by atoms with Crippen LogP contribution in [0.3, 0.4) is 0 Å². The van der Waals surface area contributed by atoms with Gasteiger partial charge in [-0.25, -0.2) is 8.42 Å². The maximum atomic E-state index is 12.8. The van der Waals surface area contributed by atoms with E-state index in [4.69, 9.17) is 9.26 Å². The Balaban J connectivity index is 1.40. The number of carbonyl (C=O) groups excluding carboxylic acids is 1. The molecule has 2 heterocycles. The Kier molecular flexibility index (Phi) is 5.25. The first-order chi connectivity index (χ1) is 14.0. The molecule has 1 saturated heterocycles. The molecule has 0 spiro atoms. The molecule has 0 aliphatic carbocycles. The Morgan fingerprint density at radius 3 is 2.45 bits per heavy atom. The fourth-order valence-corrected chi connectivity index (χ4v) is 4.82. The molecule has 0 saturated carbocycles. The molecule has 1 aliphatic heterocycles. The first-order valence-electron chi connectivity index (χ1n) is 9.24. The summed E-state index contributed by atoms with van der Waals surface area (Å²) in [6, 6.07) is 13.7. The number of fused-ring (bicyclic) bond motifs is 1. The van der Waals surface area contributed by atoms with Gasteiger partial charge in [0.15, 0.2) is 5.58 Å². The maximum absolute atomic E-state index is 12.8. The van der Waals surface area contributed by atoms with Crippen molar-refractivity contribution in [2.24, 2.45) is 0 Å². The molecule has 2 aromatic carbocycles. The number of piperazine rings is 1. The highest BCUT2D eigenvalue weighted by atomic mass is 32.2. The molecule has 0 unspecified atom stereocenters. The SMILES string of the molecule is COc1ccc(S(=O)(=O)N2CCN(C(=O)Cc3noc4ccccc34)CC2)cc1. The molecule has 29 heavy (non-hydrogen) atoms. The smallest absolute Gasteiger partial charge is 0.243 e. The molecule has 0 radical (unpaired) electrons. The zero-order valence-corrected chi connectivity index (χ0v) is 16.8.